The average Bonchev–Trinajstić information content (AvgIpc) is 3.27. The van der Waals surface area contributed by atoms with Crippen molar-refractivity contribution in [3.8, 4) is 11.5 Å². The van der Waals surface area contributed by atoms with Gasteiger partial charge in [-0.3, -0.25) is 9.59 Å². The molecule has 0 fully saturated rings. The summed E-state index contributed by atoms with van der Waals surface area (Å²) in [4.78, 5) is 26.1. The van der Waals surface area contributed by atoms with Crippen molar-refractivity contribution in [2.75, 3.05) is 13.7 Å². The third kappa shape index (κ3) is 5.57. The molecule has 8 heteroatoms. The van der Waals surface area contributed by atoms with Crippen LogP contribution >= 0.6 is 11.3 Å². The van der Waals surface area contributed by atoms with Gasteiger partial charge in [0, 0.05) is 6.54 Å². The van der Waals surface area contributed by atoms with Gasteiger partial charge >= 0.3 is 0 Å². The molecule has 0 atom stereocenters. The number of hydrogen-bond acceptors (Lipinski definition) is 5. The topological polar surface area (TPSA) is 81.9 Å². The first-order chi connectivity index (χ1) is 14.5. The Balaban J connectivity index is 1.73. The van der Waals surface area contributed by atoms with E-state index in [1.807, 2.05) is 0 Å². The van der Waals surface area contributed by atoms with Crippen molar-refractivity contribution in [1.82, 2.24) is 4.90 Å². The highest BCUT2D eigenvalue weighted by atomic mass is 32.1. The summed E-state index contributed by atoms with van der Waals surface area (Å²) in [6.07, 6.45) is 0. The summed E-state index contributed by atoms with van der Waals surface area (Å²) in [5.41, 5.74) is 6.90. The molecule has 0 unspecified atom stereocenters. The van der Waals surface area contributed by atoms with Gasteiger partial charge in [-0.2, -0.15) is 0 Å². The Morgan fingerprint density at radius 1 is 1.07 bits per heavy atom. The first-order valence-corrected chi connectivity index (χ1v) is 9.99. The molecular weight excluding hydrogens is 407 g/mol. The van der Waals surface area contributed by atoms with Crippen LogP contribution in [0.15, 0.2) is 60.0 Å². The van der Waals surface area contributed by atoms with Crippen LogP contribution in [0.5, 0.6) is 11.5 Å². The van der Waals surface area contributed by atoms with E-state index < -0.39 is 5.91 Å². The molecule has 0 aliphatic heterocycles. The Morgan fingerprint density at radius 2 is 1.80 bits per heavy atom. The molecule has 0 saturated carbocycles. The number of benzene rings is 2. The molecule has 1 aromatic heterocycles. The zero-order valence-electron chi connectivity index (χ0n) is 16.3. The Morgan fingerprint density at radius 3 is 2.43 bits per heavy atom. The second-order valence-corrected chi connectivity index (χ2v) is 7.45. The summed E-state index contributed by atoms with van der Waals surface area (Å²) in [7, 11) is 1.52. The molecule has 3 rings (SSSR count). The molecule has 156 valence electrons. The summed E-state index contributed by atoms with van der Waals surface area (Å²) in [6, 6.07) is 14.8. The number of rotatable bonds is 9. The molecule has 0 aliphatic carbocycles. The lowest BCUT2D eigenvalue weighted by Gasteiger charge is -2.21. The highest BCUT2D eigenvalue weighted by Crippen LogP contribution is 2.29. The van der Waals surface area contributed by atoms with Crippen LogP contribution in [-0.2, 0) is 17.9 Å². The van der Waals surface area contributed by atoms with Crippen LogP contribution in [0.25, 0.3) is 0 Å². The normalized spacial score (nSPS) is 10.5. The summed E-state index contributed by atoms with van der Waals surface area (Å²) in [6.45, 7) is 0.247. The standard InChI is InChI=1S/C22H21FN2O4S/c1-28-19-11-16(6-9-18(19)29-14-15-4-7-17(23)8-5-15)12-25(13-21(24)26)22(27)20-3-2-10-30-20/h2-11H,12-14H2,1H3,(H2,24,26). The van der Waals surface area contributed by atoms with E-state index in [4.69, 9.17) is 15.2 Å². The molecule has 30 heavy (non-hydrogen) atoms. The zero-order valence-corrected chi connectivity index (χ0v) is 17.2. The quantitative estimate of drug-likeness (QED) is 0.565. The first-order valence-electron chi connectivity index (χ1n) is 9.11. The smallest absolute Gasteiger partial charge is 0.264 e. The van der Waals surface area contributed by atoms with Crippen molar-refractivity contribution < 1.29 is 23.5 Å². The number of carbonyl (C=O) groups excluding carboxylic acids is 2. The molecule has 3 aromatic rings. The van der Waals surface area contributed by atoms with Crippen LogP contribution in [0.1, 0.15) is 20.8 Å². The minimum atomic E-state index is -0.592. The lowest BCUT2D eigenvalue weighted by Crippen LogP contribution is -2.37. The Hall–Kier alpha value is -3.39. The van der Waals surface area contributed by atoms with E-state index in [0.717, 1.165) is 11.1 Å². The van der Waals surface area contributed by atoms with Crippen molar-refractivity contribution in [1.29, 1.82) is 0 Å². The lowest BCUT2D eigenvalue weighted by molar-refractivity contribution is -0.118. The second kappa shape index (κ2) is 9.89. The van der Waals surface area contributed by atoms with Gasteiger partial charge in [0.2, 0.25) is 5.91 Å². The third-order valence-corrected chi connectivity index (χ3v) is 5.13. The van der Waals surface area contributed by atoms with Gasteiger partial charge in [0.05, 0.1) is 12.0 Å². The van der Waals surface area contributed by atoms with Crippen molar-refractivity contribution in [2.45, 2.75) is 13.2 Å². The molecule has 2 amide bonds. The number of nitrogens with zero attached hydrogens (tertiary/aromatic N) is 1. The minimum absolute atomic E-state index is 0.189. The van der Waals surface area contributed by atoms with Crippen LogP contribution in [0, 0.1) is 5.82 Å². The summed E-state index contributed by atoms with van der Waals surface area (Å²) >= 11 is 1.30. The van der Waals surface area contributed by atoms with Gasteiger partial charge in [-0.25, -0.2) is 4.39 Å². The van der Waals surface area contributed by atoms with E-state index in [1.165, 1.54) is 35.5 Å². The number of thiophene rings is 1. The van der Waals surface area contributed by atoms with Crippen molar-refractivity contribution in [3.05, 3.63) is 81.8 Å². The molecule has 0 spiro atoms. The van der Waals surface area contributed by atoms with Crippen molar-refractivity contribution >= 4 is 23.2 Å². The Bertz CT molecular complexity index is 1010. The second-order valence-electron chi connectivity index (χ2n) is 6.51. The van der Waals surface area contributed by atoms with Crippen LogP contribution in [0.4, 0.5) is 4.39 Å². The van der Waals surface area contributed by atoms with Gasteiger partial charge in [0.1, 0.15) is 19.0 Å². The van der Waals surface area contributed by atoms with E-state index in [9.17, 15) is 14.0 Å². The van der Waals surface area contributed by atoms with Gasteiger partial charge in [-0.15, -0.1) is 11.3 Å². The summed E-state index contributed by atoms with van der Waals surface area (Å²) < 4.78 is 24.2. The number of carbonyl (C=O) groups is 2. The van der Waals surface area contributed by atoms with Crippen LogP contribution in [-0.4, -0.2) is 30.4 Å². The van der Waals surface area contributed by atoms with Gasteiger partial charge in [0.15, 0.2) is 11.5 Å². The highest BCUT2D eigenvalue weighted by molar-refractivity contribution is 7.12. The maximum absolute atomic E-state index is 13.0. The predicted octanol–water partition coefficient (Wildman–Crippen LogP) is 3.60. The summed E-state index contributed by atoms with van der Waals surface area (Å²) in [5, 5.41) is 1.80. The van der Waals surface area contributed by atoms with Crippen LogP contribution in [0.2, 0.25) is 0 Å². The van der Waals surface area contributed by atoms with Crippen molar-refractivity contribution in [3.63, 3.8) is 0 Å². The molecule has 0 radical (unpaired) electrons. The zero-order chi connectivity index (χ0) is 21.5. The molecule has 6 nitrogen and oxygen atoms in total. The monoisotopic (exact) mass is 428 g/mol. The average molecular weight is 428 g/mol. The molecule has 2 aromatic carbocycles. The first kappa shape index (κ1) is 21.3. The van der Waals surface area contributed by atoms with E-state index in [1.54, 1.807) is 47.8 Å². The van der Waals surface area contributed by atoms with Gasteiger partial charge in [-0.05, 0) is 46.8 Å². The molecule has 0 bridgehead atoms. The predicted molar refractivity (Wildman–Crippen MR) is 112 cm³/mol. The lowest BCUT2D eigenvalue weighted by atomic mass is 10.1. The number of amides is 2. The minimum Gasteiger partial charge on any atom is -0.493 e. The maximum Gasteiger partial charge on any atom is 0.264 e. The van der Waals surface area contributed by atoms with Crippen molar-refractivity contribution in [2.24, 2.45) is 5.73 Å². The number of nitrogens with two attached hydrogens (primary N) is 1. The van der Waals surface area contributed by atoms with E-state index >= 15 is 0 Å². The van der Waals surface area contributed by atoms with E-state index in [-0.39, 0.29) is 31.4 Å². The van der Waals surface area contributed by atoms with Gasteiger partial charge in [-0.1, -0.05) is 24.3 Å². The van der Waals surface area contributed by atoms with Crippen LogP contribution in [0.3, 0.4) is 0 Å². The molecule has 0 aliphatic rings. The largest absolute Gasteiger partial charge is 0.493 e. The molecule has 0 saturated heterocycles. The fourth-order valence-electron chi connectivity index (χ4n) is 2.84. The fraction of sp³-hybridized carbons (Fsp3) is 0.182. The SMILES string of the molecule is COc1cc(CN(CC(N)=O)C(=O)c2cccs2)ccc1OCc1ccc(F)cc1. The van der Waals surface area contributed by atoms with Gasteiger partial charge < -0.3 is 20.1 Å². The van der Waals surface area contributed by atoms with E-state index in [2.05, 4.69) is 0 Å². The molecule has 1 heterocycles. The number of primary amides is 1. The number of methoxy groups -OCH3 is 1. The summed E-state index contributed by atoms with van der Waals surface area (Å²) in [5.74, 6) is -0.169. The highest BCUT2D eigenvalue weighted by Gasteiger charge is 2.19. The number of hydrogen-bond donors (Lipinski definition) is 1. The maximum atomic E-state index is 13.0. The number of ether oxygens (including phenoxy) is 2. The van der Waals surface area contributed by atoms with E-state index in [0.29, 0.717) is 16.4 Å². The molecule has 2 N–H and O–H groups in total. The van der Waals surface area contributed by atoms with Crippen LogP contribution < -0.4 is 15.2 Å². The molecular formula is C22H21FN2O4S. The Labute approximate surface area is 177 Å². The number of halogens is 1. The Kier molecular flexibility index (Phi) is 7.03. The van der Waals surface area contributed by atoms with Gasteiger partial charge in [0.25, 0.3) is 5.91 Å². The fourth-order valence-corrected chi connectivity index (χ4v) is 3.53. The third-order valence-electron chi connectivity index (χ3n) is 4.27.